The first-order chi connectivity index (χ1) is 14.3. The fourth-order valence-electron chi connectivity index (χ4n) is 4.46. The lowest BCUT2D eigenvalue weighted by atomic mass is 9.94. The van der Waals surface area contributed by atoms with Gasteiger partial charge >= 0.3 is 0 Å². The van der Waals surface area contributed by atoms with Crippen LogP contribution < -0.4 is 0 Å². The average molecular weight is 394 g/mol. The van der Waals surface area contributed by atoms with Gasteiger partial charge in [0.15, 0.2) is 5.69 Å². The van der Waals surface area contributed by atoms with Gasteiger partial charge < -0.3 is 4.90 Å². The molecule has 0 spiro atoms. The number of benzene rings is 1. The molecule has 6 heteroatoms. The molecular formula is C23H31N5O. The third-order valence-electron chi connectivity index (χ3n) is 6.07. The van der Waals surface area contributed by atoms with E-state index >= 15 is 0 Å². The monoisotopic (exact) mass is 393 g/mol. The van der Waals surface area contributed by atoms with E-state index < -0.39 is 0 Å². The maximum Gasteiger partial charge on any atom is 0.276 e. The van der Waals surface area contributed by atoms with Gasteiger partial charge in [-0.3, -0.25) is 9.69 Å². The molecule has 154 valence electrons. The van der Waals surface area contributed by atoms with Crippen LogP contribution in [0.4, 0.5) is 0 Å². The summed E-state index contributed by atoms with van der Waals surface area (Å²) >= 11 is 0. The number of rotatable bonds is 5. The van der Waals surface area contributed by atoms with Crippen LogP contribution in [-0.4, -0.2) is 62.9 Å². The number of nitrogens with zero attached hydrogens (tertiary/aromatic N) is 5. The van der Waals surface area contributed by atoms with Crippen molar-refractivity contribution in [1.29, 1.82) is 0 Å². The molecule has 6 nitrogen and oxygen atoms in total. The second kappa shape index (κ2) is 9.83. The zero-order valence-electron chi connectivity index (χ0n) is 17.1. The first kappa shape index (κ1) is 19.8. The van der Waals surface area contributed by atoms with Gasteiger partial charge in [0.05, 0.1) is 12.7 Å². The lowest BCUT2D eigenvalue weighted by Crippen LogP contribution is -2.40. The SMILES string of the molecule is O=C(c1cn(C/C=C/c2ccccc2)nn1)N1CCCN(C2CCCCC2)CC1. The van der Waals surface area contributed by atoms with Crippen molar-refractivity contribution < 1.29 is 4.79 Å². The van der Waals surface area contributed by atoms with Crippen LogP contribution in [0.25, 0.3) is 6.08 Å². The van der Waals surface area contributed by atoms with Gasteiger partial charge in [-0.1, -0.05) is 67.0 Å². The van der Waals surface area contributed by atoms with E-state index in [-0.39, 0.29) is 5.91 Å². The van der Waals surface area contributed by atoms with Gasteiger partial charge in [0.25, 0.3) is 5.91 Å². The van der Waals surface area contributed by atoms with Crippen LogP contribution in [0.3, 0.4) is 0 Å². The van der Waals surface area contributed by atoms with Crippen LogP contribution in [-0.2, 0) is 6.54 Å². The fourth-order valence-corrected chi connectivity index (χ4v) is 4.46. The van der Waals surface area contributed by atoms with Gasteiger partial charge in [-0.2, -0.15) is 0 Å². The molecule has 2 aliphatic rings. The molecule has 1 aliphatic heterocycles. The van der Waals surface area contributed by atoms with Crippen molar-refractivity contribution in [2.45, 2.75) is 51.1 Å². The summed E-state index contributed by atoms with van der Waals surface area (Å²) in [4.78, 5) is 17.5. The van der Waals surface area contributed by atoms with E-state index in [1.807, 2.05) is 29.2 Å². The first-order valence-electron chi connectivity index (χ1n) is 10.9. The number of hydrogen-bond acceptors (Lipinski definition) is 4. The molecule has 0 bridgehead atoms. The zero-order chi connectivity index (χ0) is 19.9. The van der Waals surface area contributed by atoms with E-state index in [0.717, 1.165) is 44.2 Å². The van der Waals surface area contributed by atoms with Crippen molar-refractivity contribution in [2.24, 2.45) is 0 Å². The second-order valence-electron chi connectivity index (χ2n) is 8.11. The number of aromatic nitrogens is 3. The topological polar surface area (TPSA) is 54.3 Å². The highest BCUT2D eigenvalue weighted by Gasteiger charge is 2.26. The van der Waals surface area contributed by atoms with Gasteiger partial charge in [-0.25, -0.2) is 4.68 Å². The van der Waals surface area contributed by atoms with E-state index in [1.54, 1.807) is 10.9 Å². The van der Waals surface area contributed by atoms with Crippen LogP contribution in [0.2, 0.25) is 0 Å². The lowest BCUT2D eigenvalue weighted by molar-refractivity contribution is 0.0749. The molecule has 2 heterocycles. The van der Waals surface area contributed by atoms with Crippen LogP contribution in [0.1, 0.15) is 54.6 Å². The summed E-state index contributed by atoms with van der Waals surface area (Å²) in [5.41, 5.74) is 1.60. The Balaban J connectivity index is 1.31. The molecule has 0 unspecified atom stereocenters. The number of allylic oxidation sites excluding steroid dienone is 1. The minimum absolute atomic E-state index is 0.00813. The Morgan fingerprint density at radius 1 is 1.00 bits per heavy atom. The number of hydrogen-bond donors (Lipinski definition) is 0. The van der Waals surface area contributed by atoms with Crippen molar-refractivity contribution in [3.8, 4) is 0 Å². The van der Waals surface area contributed by atoms with Gasteiger partial charge in [-0.15, -0.1) is 5.10 Å². The van der Waals surface area contributed by atoms with E-state index in [4.69, 9.17) is 0 Å². The summed E-state index contributed by atoms with van der Waals surface area (Å²) in [5, 5.41) is 8.26. The van der Waals surface area contributed by atoms with Crippen LogP contribution >= 0.6 is 0 Å². The maximum atomic E-state index is 12.9. The summed E-state index contributed by atoms with van der Waals surface area (Å²) in [7, 11) is 0. The summed E-state index contributed by atoms with van der Waals surface area (Å²) in [6.45, 7) is 4.28. The zero-order valence-corrected chi connectivity index (χ0v) is 17.1. The summed E-state index contributed by atoms with van der Waals surface area (Å²) in [6.07, 6.45) is 13.6. The van der Waals surface area contributed by atoms with E-state index in [0.29, 0.717) is 12.2 Å². The predicted octanol–water partition coefficient (Wildman–Crippen LogP) is 3.47. The molecule has 1 saturated carbocycles. The molecule has 1 aromatic heterocycles. The standard InChI is InChI=1S/C23H31N5O/c29-23(27-15-8-14-26(17-18-27)21-12-5-2-6-13-21)22-19-28(25-24-22)16-7-11-20-9-3-1-4-10-20/h1,3-4,7,9-11,19,21H,2,5-6,8,12-18H2/b11-7+. The highest BCUT2D eigenvalue weighted by molar-refractivity contribution is 5.91. The molecule has 1 aromatic carbocycles. The molecule has 1 amide bonds. The van der Waals surface area contributed by atoms with Crippen molar-refractivity contribution in [2.75, 3.05) is 26.2 Å². The van der Waals surface area contributed by atoms with Crippen LogP contribution in [0.5, 0.6) is 0 Å². The normalized spacial score (nSPS) is 19.5. The van der Waals surface area contributed by atoms with Gasteiger partial charge in [0, 0.05) is 32.2 Å². The number of amides is 1. The third kappa shape index (κ3) is 5.32. The lowest BCUT2D eigenvalue weighted by Gasteiger charge is -2.33. The van der Waals surface area contributed by atoms with Gasteiger partial charge in [0.2, 0.25) is 0 Å². The Bertz CT molecular complexity index is 810. The number of carbonyl (C=O) groups excluding carboxylic acids is 1. The predicted molar refractivity (Wildman–Crippen MR) is 114 cm³/mol. The van der Waals surface area contributed by atoms with E-state index in [9.17, 15) is 4.79 Å². The van der Waals surface area contributed by atoms with Crippen molar-refractivity contribution >= 4 is 12.0 Å². The van der Waals surface area contributed by atoms with Crippen LogP contribution in [0.15, 0.2) is 42.6 Å². The minimum atomic E-state index is 0.00813. The molecule has 2 aromatic rings. The van der Waals surface area contributed by atoms with E-state index in [2.05, 4.69) is 33.4 Å². The first-order valence-corrected chi connectivity index (χ1v) is 10.9. The molecule has 2 fully saturated rings. The van der Waals surface area contributed by atoms with Gasteiger partial charge in [-0.05, 0) is 24.8 Å². The van der Waals surface area contributed by atoms with Crippen molar-refractivity contribution in [3.05, 3.63) is 53.9 Å². The molecule has 0 N–H and O–H groups in total. The Hall–Kier alpha value is -2.47. The molecule has 0 atom stereocenters. The van der Waals surface area contributed by atoms with Gasteiger partial charge in [0.1, 0.15) is 0 Å². The summed E-state index contributed by atoms with van der Waals surface area (Å²) < 4.78 is 1.72. The summed E-state index contributed by atoms with van der Waals surface area (Å²) in [6, 6.07) is 10.9. The average Bonchev–Trinajstić information content (AvgIpc) is 3.10. The highest BCUT2D eigenvalue weighted by atomic mass is 16.2. The number of carbonyl (C=O) groups is 1. The Morgan fingerprint density at radius 3 is 2.66 bits per heavy atom. The van der Waals surface area contributed by atoms with Crippen LogP contribution in [0, 0.1) is 0 Å². The maximum absolute atomic E-state index is 12.9. The molecule has 4 rings (SSSR count). The largest absolute Gasteiger partial charge is 0.336 e. The molecule has 1 aliphatic carbocycles. The fraction of sp³-hybridized carbons (Fsp3) is 0.522. The van der Waals surface area contributed by atoms with Crippen molar-refractivity contribution in [1.82, 2.24) is 24.8 Å². The summed E-state index contributed by atoms with van der Waals surface area (Å²) in [5.74, 6) is 0.00813. The smallest absolute Gasteiger partial charge is 0.276 e. The third-order valence-corrected chi connectivity index (χ3v) is 6.07. The highest BCUT2D eigenvalue weighted by Crippen LogP contribution is 2.23. The second-order valence-corrected chi connectivity index (χ2v) is 8.11. The molecule has 0 radical (unpaired) electrons. The molecular weight excluding hydrogens is 362 g/mol. The molecule has 1 saturated heterocycles. The van der Waals surface area contributed by atoms with E-state index in [1.165, 1.54) is 32.1 Å². The Labute approximate surface area is 173 Å². The Kier molecular flexibility index (Phi) is 6.72. The molecule has 29 heavy (non-hydrogen) atoms. The van der Waals surface area contributed by atoms with Crippen molar-refractivity contribution in [3.63, 3.8) is 0 Å². The Morgan fingerprint density at radius 2 is 1.83 bits per heavy atom. The minimum Gasteiger partial charge on any atom is -0.336 e. The quantitative estimate of drug-likeness (QED) is 0.781.